The van der Waals surface area contributed by atoms with Gasteiger partial charge in [0.2, 0.25) is 0 Å². The van der Waals surface area contributed by atoms with Gasteiger partial charge in [-0.25, -0.2) is 9.50 Å². The summed E-state index contributed by atoms with van der Waals surface area (Å²) in [4.78, 5) is 26.8. The van der Waals surface area contributed by atoms with Gasteiger partial charge in [0.1, 0.15) is 29.2 Å². The summed E-state index contributed by atoms with van der Waals surface area (Å²) in [6, 6.07) is 1.48. The van der Waals surface area contributed by atoms with Crippen LogP contribution in [0.5, 0.6) is 5.75 Å². The highest BCUT2D eigenvalue weighted by Gasteiger charge is 2.22. The molecule has 2 aromatic rings. The number of nitrogens with zero attached hydrogens (tertiary/aromatic N) is 3. The number of fused-ring (bicyclic) bond motifs is 1. The minimum absolute atomic E-state index is 0.0704. The van der Waals surface area contributed by atoms with E-state index in [1.54, 1.807) is 11.8 Å². The van der Waals surface area contributed by atoms with Crippen molar-refractivity contribution in [2.45, 2.75) is 30.7 Å². The summed E-state index contributed by atoms with van der Waals surface area (Å²) in [7, 11) is 0. The third-order valence-corrected chi connectivity index (χ3v) is 5.29. The molecule has 8 nitrogen and oxygen atoms in total. The summed E-state index contributed by atoms with van der Waals surface area (Å²) in [6.07, 6.45) is 6.27. The molecular weight excluding hydrogens is 332 g/mol. The van der Waals surface area contributed by atoms with E-state index in [0.717, 1.165) is 5.75 Å². The Balaban J connectivity index is 1.85. The molecule has 0 radical (unpaired) electrons. The lowest BCUT2D eigenvalue weighted by atomic mass is 10.1. The molecule has 9 heteroatoms. The number of pyridine rings is 1. The Hall–Kier alpha value is -2.29. The van der Waals surface area contributed by atoms with E-state index in [4.69, 9.17) is 5.11 Å². The van der Waals surface area contributed by atoms with Gasteiger partial charge in [0.25, 0.3) is 5.91 Å². The van der Waals surface area contributed by atoms with Crippen molar-refractivity contribution in [1.29, 1.82) is 0 Å². The SMILES string of the molecule is O=C(O)CNC(=O)c1c(O)cc(SCC2CCCC2)n2ncnc12. The van der Waals surface area contributed by atoms with Gasteiger partial charge in [0.05, 0.1) is 0 Å². The molecule has 1 saturated carbocycles. The van der Waals surface area contributed by atoms with Gasteiger partial charge in [-0.3, -0.25) is 9.59 Å². The number of carboxylic acids is 1. The predicted molar refractivity (Wildman–Crippen MR) is 87.3 cm³/mol. The van der Waals surface area contributed by atoms with Crippen molar-refractivity contribution < 1.29 is 19.8 Å². The van der Waals surface area contributed by atoms with Crippen LogP contribution in [0, 0.1) is 5.92 Å². The summed E-state index contributed by atoms with van der Waals surface area (Å²) in [5, 5.41) is 26.0. The first-order valence-electron chi connectivity index (χ1n) is 7.74. The van der Waals surface area contributed by atoms with Gasteiger partial charge in [-0.2, -0.15) is 5.10 Å². The standard InChI is InChI=1S/C15H18N4O4S/c20-10-5-11(24-7-9-3-1-2-4-9)19-14(17-8-18-19)13(10)15(23)16-6-12(21)22/h5,8-9,20H,1-4,6-7H2,(H,16,23)(H,21,22). The van der Waals surface area contributed by atoms with Gasteiger partial charge in [-0.05, 0) is 18.8 Å². The Bertz CT molecular complexity index is 770. The molecule has 0 unspecified atom stereocenters. The lowest BCUT2D eigenvalue weighted by Crippen LogP contribution is -2.29. The molecule has 24 heavy (non-hydrogen) atoms. The number of thioether (sulfide) groups is 1. The van der Waals surface area contributed by atoms with E-state index in [0.29, 0.717) is 10.9 Å². The lowest BCUT2D eigenvalue weighted by Gasteiger charge is -2.12. The van der Waals surface area contributed by atoms with Gasteiger partial charge in [0, 0.05) is 11.8 Å². The number of carboxylic acid groups (broad SMARTS) is 1. The summed E-state index contributed by atoms with van der Waals surface area (Å²) < 4.78 is 1.51. The topological polar surface area (TPSA) is 117 Å². The molecule has 0 spiro atoms. The number of hydrogen-bond donors (Lipinski definition) is 3. The van der Waals surface area contributed by atoms with E-state index < -0.39 is 18.4 Å². The number of aliphatic carboxylic acids is 1. The van der Waals surface area contributed by atoms with Crippen LogP contribution in [0.2, 0.25) is 0 Å². The average molecular weight is 350 g/mol. The van der Waals surface area contributed by atoms with Gasteiger partial charge in [-0.1, -0.05) is 12.8 Å². The first kappa shape index (κ1) is 16.6. The molecule has 0 aromatic carbocycles. The van der Waals surface area contributed by atoms with Crippen LogP contribution in [0.3, 0.4) is 0 Å². The highest BCUT2D eigenvalue weighted by atomic mass is 32.2. The smallest absolute Gasteiger partial charge is 0.322 e. The Morgan fingerprint density at radius 2 is 2.12 bits per heavy atom. The van der Waals surface area contributed by atoms with Crippen LogP contribution in [0.1, 0.15) is 36.0 Å². The lowest BCUT2D eigenvalue weighted by molar-refractivity contribution is -0.135. The van der Waals surface area contributed by atoms with Gasteiger partial charge < -0.3 is 15.5 Å². The van der Waals surface area contributed by atoms with Crippen molar-refractivity contribution in [3.63, 3.8) is 0 Å². The Morgan fingerprint density at radius 3 is 2.83 bits per heavy atom. The first-order chi connectivity index (χ1) is 11.6. The maximum Gasteiger partial charge on any atom is 0.322 e. The molecule has 2 aromatic heterocycles. The molecule has 1 fully saturated rings. The molecule has 128 valence electrons. The van der Waals surface area contributed by atoms with Crippen LogP contribution in [0.25, 0.3) is 5.65 Å². The average Bonchev–Trinajstić information content (AvgIpc) is 3.21. The number of nitrogens with one attached hydrogen (secondary N) is 1. The normalized spacial score (nSPS) is 15.0. The van der Waals surface area contributed by atoms with E-state index in [2.05, 4.69) is 15.4 Å². The minimum Gasteiger partial charge on any atom is -0.507 e. The highest BCUT2D eigenvalue weighted by molar-refractivity contribution is 7.99. The number of aromatic nitrogens is 3. The zero-order chi connectivity index (χ0) is 17.1. The van der Waals surface area contributed by atoms with Gasteiger partial charge in [-0.15, -0.1) is 11.8 Å². The minimum atomic E-state index is -1.16. The maximum absolute atomic E-state index is 12.1. The third kappa shape index (κ3) is 3.45. The molecule has 1 aliphatic carbocycles. The van der Waals surface area contributed by atoms with Crippen LogP contribution in [-0.4, -0.2) is 49.0 Å². The fourth-order valence-electron chi connectivity index (χ4n) is 2.88. The fourth-order valence-corrected chi connectivity index (χ4v) is 4.07. The molecule has 3 rings (SSSR count). The monoisotopic (exact) mass is 350 g/mol. The second-order valence-electron chi connectivity index (χ2n) is 5.78. The van der Waals surface area contributed by atoms with Crippen LogP contribution >= 0.6 is 11.8 Å². The zero-order valence-electron chi connectivity index (χ0n) is 12.9. The molecule has 2 heterocycles. The number of hydrogen-bond acceptors (Lipinski definition) is 6. The van der Waals surface area contributed by atoms with Gasteiger partial charge >= 0.3 is 5.97 Å². The molecule has 0 aliphatic heterocycles. The zero-order valence-corrected chi connectivity index (χ0v) is 13.8. The predicted octanol–water partition coefficient (Wildman–Crippen LogP) is 1.53. The van der Waals surface area contributed by atoms with Crippen LogP contribution in [0.4, 0.5) is 0 Å². The van der Waals surface area contributed by atoms with Crippen molar-refractivity contribution in [2.24, 2.45) is 5.92 Å². The largest absolute Gasteiger partial charge is 0.507 e. The summed E-state index contributed by atoms with van der Waals surface area (Å²) in [5.41, 5.74) is 0.144. The van der Waals surface area contributed by atoms with Crippen molar-refractivity contribution in [3.8, 4) is 5.75 Å². The number of amides is 1. The highest BCUT2D eigenvalue weighted by Crippen LogP contribution is 2.33. The van der Waals surface area contributed by atoms with Crippen LogP contribution in [-0.2, 0) is 4.79 Å². The Morgan fingerprint density at radius 1 is 1.38 bits per heavy atom. The Labute approximate surface area is 142 Å². The first-order valence-corrected chi connectivity index (χ1v) is 8.73. The van der Waals surface area contributed by atoms with E-state index in [1.165, 1.54) is 42.6 Å². The third-order valence-electron chi connectivity index (χ3n) is 4.07. The second kappa shape index (κ2) is 7.08. The molecule has 1 amide bonds. The van der Waals surface area contributed by atoms with E-state index in [-0.39, 0.29) is 17.0 Å². The Kier molecular flexibility index (Phi) is 4.89. The van der Waals surface area contributed by atoms with Crippen molar-refractivity contribution in [2.75, 3.05) is 12.3 Å². The summed E-state index contributed by atoms with van der Waals surface area (Å²) in [5.74, 6) is -0.496. The maximum atomic E-state index is 12.1. The number of carbonyl (C=O) groups excluding carboxylic acids is 1. The van der Waals surface area contributed by atoms with Crippen molar-refractivity contribution in [1.82, 2.24) is 19.9 Å². The van der Waals surface area contributed by atoms with Gasteiger partial charge in [0.15, 0.2) is 5.65 Å². The van der Waals surface area contributed by atoms with Crippen LogP contribution < -0.4 is 5.32 Å². The molecule has 3 N–H and O–H groups in total. The number of rotatable bonds is 6. The molecule has 0 bridgehead atoms. The quantitative estimate of drug-likeness (QED) is 0.676. The number of aromatic hydroxyl groups is 1. The van der Waals surface area contributed by atoms with Crippen LogP contribution in [0.15, 0.2) is 17.4 Å². The molecule has 1 aliphatic rings. The molecular formula is C15H18N4O4S. The molecule has 0 saturated heterocycles. The molecule has 0 atom stereocenters. The summed E-state index contributed by atoms with van der Waals surface area (Å²) in [6.45, 7) is -0.531. The number of carbonyl (C=O) groups is 2. The van der Waals surface area contributed by atoms with E-state index in [1.807, 2.05) is 0 Å². The van der Waals surface area contributed by atoms with E-state index >= 15 is 0 Å². The summed E-state index contributed by atoms with van der Waals surface area (Å²) >= 11 is 1.58. The second-order valence-corrected chi connectivity index (χ2v) is 6.82. The van der Waals surface area contributed by atoms with E-state index in [9.17, 15) is 14.7 Å². The van der Waals surface area contributed by atoms with Crippen molar-refractivity contribution in [3.05, 3.63) is 18.0 Å². The van der Waals surface area contributed by atoms with Crippen molar-refractivity contribution >= 4 is 29.3 Å². The fraction of sp³-hybridized carbons (Fsp3) is 0.467.